The number of carboxylic acid groups (broad SMARTS) is 1. The number of allylic oxidation sites excluding steroid dienone is 1. The summed E-state index contributed by atoms with van der Waals surface area (Å²) in [5, 5.41) is 12.2. The number of ether oxygens (including phenoxy) is 1. The maximum atomic E-state index is 12.7. The monoisotopic (exact) mass is 452 g/mol. The number of hydroxylamine groups is 2. The Kier molecular flexibility index (Phi) is 7.84. The Bertz CT molecular complexity index is 1010. The number of amides is 2. The molecule has 0 heterocycles. The number of nitrogens with zero attached hydrogens (tertiary/aromatic N) is 1. The van der Waals surface area contributed by atoms with E-state index in [9.17, 15) is 14.4 Å². The molecule has 3 rings (SSSR count). The third kappa shape index (κ3) is 5.98. The number of rotatable bonds is 9. The SMILES string of the molecule is CC(C)=CCC(NC(=O)OCC1c2ccccc2-c2ccccc21)C(=O)N(C)OCC(=O)O. The molecule has 0 radical (unpaired) electrons. The molecule has 0 bridgehead atoms. The summed E-state index contributed by atoms with van der Waals surface area (Å²) in [5.41, 5.74) is 5.39. The quantitative estimate of drug-likeness (QED) is 0.444. The molecule has 2 amide bonds. The molecule has 0 aliphatic heterocycles. The minimum atomic E-state index is -1.21. The highest BCUT2D eigenvalue weighted by atomic mass is 16.7. The van der Waals surface area contributed by atoms with E-state index in [1.165, 1.54) is 7.05 Å². The number of aliphatic carboxylic acids is 1. The highest BCUT2D eigenvalue weighted by Crippen LogP contribution is 2.44. The van der Waals surface area contributed by atoms with Crippen LogP contribution in [-0.2, 0) is 19.2 Å². The summed E-state index contributed by atoms with van der Waals surface area (Å²) in [6.07, 6.45) is 1.28. The number of carbonyl (C=O) groups is 3. The van der Waals surface area contributed by atoms with Crippen molar-refractivity contribution in [3.63, 3.8) is 0 Å². The fraction of sp³-hybridized carbons (Fsp3) is 0.320. The zero-order valence-corrected chi connectivity index (χ0v) is 18.9. The summed E-state index contributed by atoms with van der Waals surface area (Å²) in [5.74, 6) is -1.89. The molecule has 1 aliphatic carbocycles. The number of likely N-dealkylation sites (N-methyl/N-ethyl adjacent to an activating group) is 1. The van der Waals surface area contributed by atoms with E-state index in [2.05, 4.69) is 17.4 Å². The Hall–Kier alpha value is -3.65. The average molecular weight is 453 g/mol. The maximum absolute atomic E-state index is 12.7. The van der Waals surface area contributed by atoms with Crippen LogP contribution in [0, 0.1) is 0 Å². The van der Waals surface area contributed by atoms with E-state index in [4.69, 9.17) is 14.7 Å². The first-order valence-corrected chi connectivity index (χ1v) is 10.6. The number of hydrogen-bond donors (Lipinski definition) is 2. The van der Waals surface area contributed by atoms with Gasteiger partial charge in [-0.05, 0) is 42.5 Å². The number of hydrogen-bond acceptors (Lipinski definition) is 5. The third-order valence-electron chi connectivity index (χ3n) is 5.39. The van der Waals surface area contributed by atoms with Gasteiger partial charge in [0.25, 0.3) is 5.91 Å². The highest BCUT2D eigenvalue weighted by molar-refractivity contribution is 5.85. The predicted octanol–water partition coefficient (Wildman–Crippen LogP) is 3.72. The molecule has 2 N–H and O–H groups in total. The van der Waals surface area contributed by atoms with Crippen molar-refractivity contribution in [1.82, 2.24) is 10.4 Å². The van der Waals surface area contributed by atoms with E-state index < -0.39 is 30.6 Å². The van der Waals surface area contributed by atoms with Crippen LogP contribution in [0.2, 0.25) is 0 Å². The normalized spacial score (nSPS) is 12.8. The van der Waals surface area contributed by atoms with Gasteiger partial charge < -0.3 is 15.2 Å². The van der Waals surface area contributed by atoms with Crippen LogP contribution in [0.15, 0.2) is 60.2 Å². The van der Waals surface area contributed by atoms with Crippen LogP contribution in [0.25, 0.3) is 11.1 Å². The van der Waals surface area contributed by atoms with Gasteiger partial charge in [0.05, 0.1) is 0 Å². The van der Waals surface area contributed by atoms with E-state index >= 15 is 0 Å². The average Bonchev–Trinajstić information content (AvgIpc) is 3.12. The van der Waals surface area contributed by atoms with E-state index in [-0.39, 0.29) is 18.9 Å². The first-order chi connectivity index (χ1) is 15.8. The summed E-state index contributed by atoms with van der Waals surface area (Å²) < 4.78 is 5.53. The second-order valence-corrected chi connectivity index (χ2v) is 8.04. The van der Waals surface area contributed by atoms with E-state index in [1.807, 2.05) is 50.2 Å². The Morgan fingerprint density at radius 2 is 1.64 bits per heavy atom. The summed E-state index contributed by atoms with van der Waals surface area (Å²) in [7, 11) is 1.31. The minimum Gasteiger partial charge on any atom is -0.479 e. The van der Waals surface area contributed by atoms with Crippen molar-refractivity contribution in [1.29, 1.82) is 0 Å². The number of alkyl carbamates (subject to hydrolysis) is 1. The minimum absolute atomic E-state index is 0.100. The van der Waals surface area contributed by atoms with Crippen LogP contribution in [0.3, 0.4) is 0 Å². The van der Waals surface area contributed by atoms with Gasteiger partial charge in [-0.3, -0.25) is 9.63 Å². The van der Waals surface area contributed by atoms with Crippen molar-refractivity contribution in [2.45, 2.75) is 32.2 Å². The lowest BCUT2D eigenvalue weighted by Crippen LogP contribution is -2.47. The van der Waals surface area contributed by atoms with Crippen molar-refractivity contribution in [3.8, 4) is 11.1 Å². The molecule has 174 valence electrons. The topological polar surface area (TPSA) is 105 Å². The van der Waals surface area contributed by atoms with Crippen LogP contribution in [0.4, 0.5) is 4.79 Å². The summed E-state index contributed by atoms with van der Waals surface area (Å²) in [6.45, 7) is 3.20. The fourth-order valence-corrected chi connectivity index (χ4v) is 3.79. The smallest absolute Gasteiger partial charge is 0.407 e. The molecule has 1 aliphatic rings. The van der Waals surface area contributed by atoms with E-state index in [0.29, 0.717) is 0 Å². The number of carboxylic acids is 1. The molecule has 0 aromatic heterocycles. The van der Waals surface area contributed by atoms with E-state index in [0.717, 1.165) is 32.9 Å². The largest absolute Gasteiger partial charge is 0.479 e. The zero-order valence-electron chi connectivity index (χ0n) is 18.9. The lowest BCUT2D eigenvalue weighted by atomic mass is 9.98. The maximum Gasteiger partial charge on any atom is 0.407 e. The van der Waals surface area contributed by atoms with Crippen LogP contribution in [-0.4, -0.2) is 54.4 Å². The van der Waals surface area contributed by atoms with Crippen LogP contribution in [0.1, 0.15) is 37.3 Å². The second kappa shape index (κ2) is 10.8. The third-order valence-corrected chi connectivity index (χ3v) is 5.39. The summed E-state index contributed by atoms with van der Waals surface area (Å²) >= 11 is 0. The Morgan fingerprint density at radius 3 is 2.18 bits per heavy atom. The standard InChI is InChI=1S/C25H28N2O6/c1-16(2)12-13-22(24(30)27(3)33-15-23(28)29)26-25(31)32-14-21-19-10-6-4-8-17(19)18-9-5-7-11-20(18)21/h4-12,21-22H,13-15H2,1-3H3,(H,26,31)(H,28,29). The number of carbonyl (C=O) groups excluding carboxylic acids is 2. The first-order valence-electron chi connectivity index (χ1n) is 10.6. The Labute approximate surface area is 192 Å². The van der Waals surface area contributed by atoms with Gasteiger partial charge in [-0.15, -0.1) is 0 Å². The predicted molar refractivity (Wildman–Crippen MR) is 122 cm³/mol. The van der Waals surface area contributed by atoms with Gasteiger partial charge in [0.15, 0.2) is 6.61 Å². The van der Waals surface area contributed by atoms with Crippen molar-refractivity contribution in [3.05, 3.63) is 71.3 Å². The Morgan fingerprint density at radius 1 is 1.06 bits per heavy atom. The molecule has 0 spiro atoms. The zero-order chi connectivity index (χ0) is 24.0. The van der Waals surface area contributed by atoms with Crippen molar-refractivity contribution >= 4 is 18.0 Å². The van der Waals surface area contributed by atoms with Gasteiger partial charge in [-0.1, -0.05) is 60.2 Å². The molecular weight excluding hydrogens is 424 g/mol. The second-order valence-electron chi connectivity index (χ2n) is 8.04. The van der Waals surface area contributed by atoms with Crippen LogP contribution >= 0.6 is 0 Å². The van der Waals surface area contributed by atoms with Crippen LogP contribution < -0.4 is 5.32 Å². The fourth-order valence-electron chi connectivity index (χ4n) is 3.79. The summed E-state index contributed by atoms with van der Waals surface area (Å²) in [6, 6.07) is 15.1. The molecule has 33 heavy (non-hydrogen) atoms. The molecule has 0 saturated heterocycles. The van der Waals surface area contributed by atoms with Gasteiger partial charge >= 0.3 is 12.1 Å². The van der Waals surface area contributed by atoms with Gasteiger partial charge in [0.2, 0.25) is 0 Å². The number of fused-ring (bicyclic) bond motifs is 3. The first kappa shape index (κ1) is 24.0. The molecule has 1 atom stereocenters. The van der Waals surface area contributed by atoms with Crippen molar-refractivity contribution < 1.29 is 29.1 Å². The van der Waals surface area contributed by atoms with Gasteiger partial charge in [-0.25, -0.2) is 14.7 Å². The number of nitrogens with one attached hydrogen (secondary N) is 1. The summed E-state index contributed by atoms with van der Waals surface area (Å²) in [4.78, 5) is 41.0. The molecular formula is C25H28N2O6. The molecule has 2 aromatic carbocycles. The molecule has 2 aromatic rings. The molecule has 0 saturated carbocycles. The number of benzene rings is 2. The lowest BCUT2D eigenvalue weighted by molar-refractivity contribution is -0.187. The van der Waals surface area contributed by atoms with Crippen LogP contribution in [0.5, 0.6) is 0 Å². The van der Waals surface area contributed by atoms with Gasteiger partial charge in [0.1, 0.15) is 12.6 Å². The van der Waals surface area contributed by atoms with Gasteiger partial charge in [0, 0.05) is 13.0 Å². The molecule has 8 heteroatoms. The van der Waals surface area contributed by atoms with Crippen molar-refractivity contribution in [2.75, 3.05) is 20.3 Å². The molecule has 1 unspecified atom stereocenters. The lowest BCUT2D eigenvalue weighted by Gasteiger charge is -2.23. The molecule has 8 nitrogen and oxygen atoms in total. The van der Waals surface area contributed by atoms with E-state index in [1.54, 1.807) is 6.08 Å². The molecule has 0 fully saturated rings. The van der Waals surface area contributed by atoms with Crippen molar-refractivity contribution in [2.24, 2.45) is 0 Å². The highest BCUT2D eigenvalue weighted by Gasteiger charge is 2.30. The van der Waals surface area contributed by atoms with Gasteiger partial charge in [-0.2, -0.15) is 0 Å². The Balaban J connectivity index is 1.67.